The van der Waals surface area contributed by atoms with E-state index in [0.717, 1.165) is 12.8 Å². The van der Waals surface area contributed by atoms with Crippen LogP contribution in [0.2, 0.25) is 0 Å². The van der Waals surface area contributed by atoms with E-state index in [1.807, 2.05) is 0 Å². The molecule has 22 heavy (non-hydrogen) atoms. The summed E-state index contributed by atoms with van der Waals surface area (Å²) in [7, 11) is -2.20. The van der Waals surface area contributed by atoms with Gasteiger partial charge in [-0.2, -0.15) is 0 Å². The molecule has 0 heterocycles. The van der Waals surface area contributed by atoms with Crippen LogP contribution in [0.25, 0.3) is 0 Å². The first kappa shape index (κ1) is 18.9. The lowest BCUT2D eigenvalue weighted by Gasteiger charge is -2.16. The highest BCUT2D eigenvalue weighted by molar-refractivity contribution is 7.88. The van der Waals surface area contributed by atoms with E-state index in [2.05, 4.69) is 9.46 Å². The Balaban J connectivity index is 0.00000242. The Labute approximate surface area is 136 Å². The average molecular weight is 349 g/mol. The number of sulfonamides is 1. The summed E-state index contributed by atoms with van der Waals surface area (Å²) in [6.45, 7) is 0.298. The third-order valence-electron chi connectivity index (χ3n) is 3.48. The fourth-order valence-corrected chi connectivity index (χ4v) is 3.68. The molecule has 0 spiro atoms. The first-order chi connectivity index (χ1) is 9.95. The van der Waals surface area contributed by atoms with Gasteiger partial charge in [-0.05, 0) is 36.5 Å². The summed E-state index contributed by atoms with van der Waals surface area (Å²) in [5.74, 6) is -0.313. The van der Waals surface area contributed by atoms with Gasteiger partial charge in [-0.3, -0.25) is 0 Å². The van der Waals surface area contributed by atoms with Crippen molar-refractivity contribution in [2.75, 3.05) is 13.7 Å². The molecule has 3 N–H and O–H groups in total. The van der Waals surface area contributed by atoms with Crippen molar-refractivity contribution in [2.45, 2.75) is 24.6 Å². The molecule has 1 saturated carbocycles. The fourth-order valence-electron chi connectivity index (χ4n) is 2.23. The van der Waals surface area contributed by atoms with Crippen LogP contribution in [-0.4, -0.2) is 34.1 Å². The van der Waals surface area contributed by atoms with E-state index in [9.17, 15) is 13.2 Å². The third-order valence-corrected chi connectivity index (χ3v) is 4.86. The number of methoxy groups -OCH3 is 1. The third kappa shape index (κ3) is 5.24. The lowest BCUT2D eigenvalue weighted by Crippen LogP contribution is -2.42. The molecule has 2 rings (SSSR count). The number of rotatable bonds is 7. The zero-order chi connectivity index (χ0) is 15.5. The average Bonchev–Trinajstić information content (AvgIpc) is 3.28. The smallest absolute Gasteiger partial charge is 0.337 e. The van der Waals surface area contributed by atoms with Crippen molar-refractivity contribution in [3.63, 3.8) is 0 Å². The minimum absolute atomic E-state index is 0. The van der Waals surface area contributed by atoms with Crippen molar-refractivity contribution < 1.29 is 17.9 Å². The van der Waals surface area contributed by atoms with Crippen molar-refractivity contribution >= 4 is 28.4 Å². The van der Waals surface area contributed by atoms with Crippen LogP contribution in [0.1, 0.15) is 28.8 Å². The molecule has 0 radical (unpaired) electrons. The summed E-state index contributed by atoms with van der Waals surface area (Å²) in [6, 6.07) is 6.22. The molecule has 1 aromatic rings. The molecule has 0 amide bonds. The number of halogens is 1. The molecule has 6 nitrogen and oxygen atoms in total. The Kier molecular flexibility index (Phi) is 6.80. The van der Waals surface area contributed by atoms with Gasteiger partial charge in [0.1, 0.15) is 0 Å². The molecule has 1 fully saturated rings. The van der Waals surface area contributed by atoms with Crippen molar-refractivity contribution in [3.05, 3.63) is 35.4 Å². The summed E-state index contributed by atoms with van der Waals surface area (Å²) in [4.78, 5) is 11.4. The second-order valence-electron chi connectivity index (χ2n) is 5.25. The maximum Gasteiger partial charge on any atom is 0.337 e. The van der Waals surface area contributed by atoms with Crippen LogP contribution >= 0.6 is 12.4 Å². The van der Waals surface area contributed by atoms with E-state index in [-0.39, 0.29) is 24.2 Å². The first-order valence-corrected chi connectivity index (χ1v) is 8.47. The monoisotopic (exact) mass is 348 g/mol. The first-order valence-electron chi connectivity index (χ1n) is 6.82. The van der Waals surface area contributed by atoms with Crippen molar-refractivity contribution in [3.8, 4) is 0 Å². The van der Waals surface area contributed by atoms with E-state index >= 15 is 0 Å². The minimum Gasteiger partial charge on any atom is -0.465 e. The van der Waals surface area contributed by atoms with Crippen LogP contribution in [-0.2, 0) is 20.5 Å². The highest BCUT2D eigenvalue weighted by Gasteiger charge is 2.32. The van der Waals surface area contributed by atoms with E-state index in [1.165, 1.54) is 13.2 Å². The molecule has 1 atom stereocenters. The number of nitrogens with two attached hydrogens (primary N) is 1. The Morgan fingerprint density at radius 1 is 1.45 bits per heavy atom. The Morgan fingerprint density at radius 2 is 2.14 bits per heavy atom. The predicted molar refractivity (Wildman–Crippen MR) is 86.4 cm³/mol. The van der Waals surface area contributed by atoms with Crippen LogP contribution in [0.5, 0.6) is 0 Å². The van der Waals surface area contributed by atoms with Crippen LogP contribution < -0.4 is 10.5 Å². The lowest BCUT2D eigenvalue weighted by molar-refractivity contribution is 0.0600. The highest BCUT2D eigenvalue weighted by atomic mass is 35.5. The predicted octanol–water partition coefficient (Wildman–Crippen LogP) is 1.05. The van der Waals surface area contributed by atoms with Gasteiger partial charge in [0.15, 0.2) is 0 Å². The number of nitrogens with one attached hydrogen (secondary N) is 1. The van der Waals surface area contributed by atoms with Gasteiger partial charge in [-0.1, -0.05) is 12.1 Å². The molecule has 0 aliphatic heterocycles. The number of ether oxygens (including phenoxy) is 1. The molecule has 8 heteroatoms. The maximum absolute atomic E-state index is 12.2. The topological polar surface area (TPSA) is 98.5 Å². The summed E-state index contributed by atoms with van der Waals surface area (Å²) < 4.78 is 31.6. The van der Waals surface area contributed by atoms with Crippen LogP contribution in [0.15, 0.2) is 24.3 Å². The second kappa shape index (κ2) is 7.92. The maximum atomic E-state index is 12.2. The van der Waals surface area contributed by atoms with Gasteiger partial charge in [-0.15, -0.1) is 12.4 Å². The number of esters is 1. The number of hydrogen-bond acceptors (Lipinski definition) is 5. The van der Waals surface area contributed by atoms with Crippen LogP contribution in [0.4, 0.5) is 0 Å². The number of carbonyl (C=O) groups excluding carboxylic acids is 1. The van der Waals surface area contributed by atoms with E-state index in [1.54, 1.807) is 18.2 Å². The zero-order valence-electron chi connectivity index (χ0n) is 12.3. The molecule has 1 aliphatic rings. The van der Waals surface area contributed by atoms with E-state index in [4.69, 9.17) is 5.73 Å². The fraction of sp³-hybridized carbons (Fsp3) is 0.500. The Morgan fingerprint density at radius 3 is 2.68 bits per heavy atom. The van der Waals surface area contributed by atoms with Gasteiger partial charge in [0.2, 0.25) is 10.0 Å². The second-order valence-corrected chi connectivity index (χ2v) is 7.00. The van der Waals surface area contributed by atoms with Gasteiger partial charge in [0, 0.05) is 12.6 Å². The molecule has 0 saturated heterocycles. The van der Waals surface area contributed by atoms with Gasteiger partial charge in [0.05, 0.1) is 18.4 Å². The molecule has 1 aromatic carbocycles. The van der Waals surface area contributed by atoms with Gasteiger partial charge >= 0.3 is 5.97 Å². The molecular formula is C14H21ClN2O4S. The number of benzene rings is 1. The van der Waals surface area contributed by atoms with Crippen LogP contribution in [0, 0.1) is 5.92 Å². The van der Waals surface area contributed by atoms with Crippen molar-refractivity contribution in [2.24, 2.45) is 11.7 Å². The Hall–Kier alpha value is -1.15. The van der Waals surface area contributed by atoms with Gasteiger partial charge < -0.3 is 10.5 Å². The van der Waals surface area contributed by atoms with Crippen molar-refractivity contribution in [1.29, 1.82) is 0 Å². The minimum atomic E-state index is -3.48. The quantitative estimate of drug-likeness (QED) is 0.718. The molecule has 0 bridgehead atoms. The standard InChI is InChI=1S/C14H20N2O4S.ClH/c1-20-14(17)12-4-2-3-10(7-12)9-21(18,19)16-13(8-15)11-5-6-11;/h2-4,7,11,13,16H,5-6,8-9,15H2,1H3;1H. The lowest BCUT2D eigenvalue weighted by atomic mass is 10.1. The zero-order valence-corrected chi connectivity index (χ0v) is 14.0. The normalized spacial score (nSPS) is 15.7. The molecule has 1 aliphatic carbocycles. The summed E-state index contributed by atoms with van der Waals surface area (Å²) in [5, 5.41) is 0. The summed E-state index contributed by atoms with van der Waals surface area (Å²) in [5.41, 5.74) is 6.48. The van der Waals surface area contributed by atoms with Gasteiger partial charge in [0.25, 0.3) is 0 Å². The summed E-state index contributed by atoms with van der Waals surface area (Å²) in [6.07, 6.45) is 2.03. The number of hydrogen-bond donors (Lipinski definition) is 2. The SMILES string of the molecule is COC(=O)c1cccc(CS(=O)(=O)NC(CN)C2CC2)c1.Cl. The molecule has 124 valence electrons. The summed E-state index contributed by atoms with van der Waals surface area (Å²) >= 11 is 0. The van der Waals surface area contributed by atoms with Gasteiger partial charge in [-0.25, -0.2) is 17.9 Å². The highest BCUT2D eigenvalue weighted by Crippen LogP contribution is 2.32. The van der Waals surface area contributed by atoms with Crippen LogP contribution in [0.3, 0.4) is 0 Å². The molecular weight excluding hydrogens is 328 g/mol. The molecule has 1 unspecified atom stereocenters. The van der Waals surface area contributed by atoms with Crippen molar-refractivity contribution in [1.82, 2.24) is 4.72 Å². The van der Waals surface area contributed by atoms with E-state index < -0.39 is 16.0 Å². The Bertz CT molecular complexity index is 617. The molecule has 0 aromatic heterocycles. The number of carbonyl (C=O) groups is 1. The van der Waals surface area contributed by atoms with E-state index in [0.29, 0.717) is 23.6 Å². The largest absolute Gasteiger partial charge is 0.465 e.